The highest BCUT2D eigenvalue weighted by atomic mass is 32.2. The first-order valence-corrected chi connectivity index (χ1v) is 20.9. The highest BCUT2D eigenvalue weighted by molar-refractivity contribution is 8.00. The maximum atomic E-state index is 13.9. The lowest BCUT2D eigenvalue weighted by molar-refractivity contribution is -0.205. The number of benzene rings is 3. The van der Waals surface area contributed by atoms with E-state index >= 15 is 0 Å². The zero-order valence-corrected chi connectivity index (χ0v) is 32.1. The number of fused-ring (bicyclic) bond motifs is 2. The van der Waals surface area contributed by atoms with Crippen molar-refractivity contribution in [2.75, 3.05) is 12.9 Å². The van der Waals surface area contributed by atoms with Crippen molar-refractivity contribution in [3.63, 3.8) is 0 Å². The van der Waals surface area contributed by atoms with E-state index in [9.17, 15) is 27.4 Å². The van der Waals surface area contributed by atoms with Crippen LogP contribution in [0.3, 0.4) is 0 Å². The van der Waals surface area contributed by atoms with Crippen LogP contribution in [0.2, 0.25) is 0 Å². The lowest BCUT2D eigenvalue weighted by atomic mass is 9.92. The zero-order chi connectivity index (χ0) is 38.2. The average Bonchev–Trinajstić information content (AvgIpc) is 3.13. The Morgan fingerprint density at radius 3 is 1.70 bits per heavy atom. The van der Waals surface area contributed by atoms with Gasteiger partial charge < -0.3 is 23.5 Å². The Morgan fingerprint density at radius 2 is 1.23 bits per heavy atom. The normalized spacial score (nSPS) is 25.4. The van der Waals surface area contributed by atoms with Crippen molar-refractivity contribution in [1.82, 2.24) is 4.72 Å². The van der Waals surface area contributed by atoms with E-state index < -0.39 is 85.3 Å². The molecule has 0 aliphatic carbocycles. The standard InChI is InChI=1S/C38H43NO11S3/c1-38(2,3)52(43)39-29-23-15-14-22-28(24-46-53(4,44)45)51-37-33(49-36(42)27-20-12-7-13-21-27)32(48-35(41)26-18-10-6-11-19-26)31(30(29)50-37)47-34(40)25-16-8-5-9-17-25/h5-21,28-33,37,39H,22-24H2,1-4H3/t28?,29-,30-,31+,32+,33-,37-,52-/m1/s1. The number of nitrogens with one attached hydrogen (secondary N) is 1. The molecule has 12 nitrogen and oxygen atoms in total. The van der Waals surface area contributed by atoms with Gasteiger partial charge in [0, 0.05) is 16.6 Å². The molecule has 0 amide bonds. The largest absolute Gasteiger partial charge is 0.598 e. The van der Waals surface area contributed by atoms with Gasteiger partial charge in [-0.3, -0.25) is 4.18 Å². The molecule has 3 aromatic carbocycles. The lowest BCUT2D eigenvalue weighted by Crippen LogP contribution is -2.66. The minimum Gasteiger partial charge on any atom is -0.598 e. The summed E-state index contributed by atoms with van der Waals surface area (Å²) in [6.45, 7) is 5.16. The minimum absolute atomic E-state index is 0.188. The molecular formula is C38H43NO11S3. The summed E-state index contributed by atoms with van der Waals surface area (Å²) in [6, 6.07) is 23.8. The second kappa shape index (κ2) is 18.1. The van der Waals surface area contributed by atoms with Crippen LogP contribution in [0.5, 0.6) is 0 Å². The van der Waals surface area contributed by atoms with Crippen LogP contribution in [0.25, 0.3) is 0 Å². The Morgan fingerprint density at radius 1 is 0.774 bits per heavy atom. The lowest BCUT2D eigenvalue weighted by Gasteiger charge is -2.47. The molecule has 8 atom stereocenters. The molecule has 0 aromatic heterocycles. The fourth-order valence-corrected chi connectivity index (χ4v) is 8.23. The number of rotatable bonds is 11. The van der Waals surface area contributed by atoms with E-state index in [1.54, 1.807) is 112 Å². The summed E-state index contributed by atoms with van der Waals surface area (Å²) in [7, 11) is -3.83. The first kappa shape index (κ1) is 40.5. The van der Waals surface area contributed by atoms with Gasteiger partial charge in [-0.2, -0.15) is 8.42 Å². The number of allylic oxidation sites excluding steroid dienone is 1. The first-order valence-electron chi connectivity index (χ1n) is 17.0. The summed E-state index contributed by atoms with van der Waals surface area (Å²) in [4.78, 5) is 41.4. The Bertz CT molecular complexity index is 1820. The van der Waals surface area contributed by atoms with Crippen molar-refractivity contribution in [3.05, 3.63) is 120 Å². The molecule has 2 bridgehead atoms. The van der Waals surface area contributed by atoms with E-state index in [1.807, 2.05) is 12.2 Å². The molecule has 15 heteroatoms. The van der Waals surface area contributed by atoms with E-state index in [4.69, 9.17) is 23.1 Å². The molecule has 284 valence electrons. The van der Waals surface area contributed by atoms with Crippen molar-refractivity contribution in [1.29, 1.82) is 0 Å². The van der Waals surface area contributed by atoms with Crippen LogP contribution in [0, 0.1) is 0 Å². The summed E-state index contributed by atoms with van der Waals surface area (Å²) in [6.07, 6.45) is -0.243. The fraction of sp³-hybridized carbons (Fsp3) is 0.395. The number of hydrogen-bond acceptors (Lipinski definition) is 13. The molecule has 0 spiro atoms. The molecule has 2 aliphatic heterocycles. The van der Waals surface area contributed by atoms with Crippen molar-refractivity contribution in [2.24, 2.45) is 0 Å². The molecule has 1 saturated heterocycles. The van der Waals surface area contributed by atoms with Crippen molar-refractivity contribution in [2.45, 2.75) is 79.5 Å². The molecule has 1 N–H and O–H groups in total. The number of carbonyl (C=O) groups is 3. The van der Waals surface area contributed by atoms with Gasteiger partial charge in [0.25, 0.3) is 10.1 Å². The minimum atomic E-state index is -3.83. The third-order valence-electron chi connectivity index (χ3n) is 8.25. The fourth-order valence-electron chi connectivity index (χ4n) is 5.57. The molecular weight excluding hydrogens is 743 g/mol. The van der Waals surface area contributed by atoms with Crippen LogP contribution in [-0.4, -0.2) is 89.6 Å². The van der Waals surface area contributed by atoms with Gasteiger partial charge in [-0.25, -0.2) is 14.4 Å². The van der Waals surface area contributed by atoms with Gasteiger partial charge in [0.1, 0.15) is 16.3 Å². The molecule has 2 heterocycles. The number of thioether (sulfide) groups is 1. The van der Waals surface area contributed by atoms with E-state index in [0.717, 1.165) is 18.0 Å². The molecule has 3 aromatic rings. The predicted octanol–water partition coefficient (Wildman–Crippen LogP) is 5.24. The molecule has 53 heavy (non-hydrogen) atoms. The van der Waals surface area contributed by atoms with Crippen molar-refractivity contribution >= 4 is 51.1 Å². The van der Waals surface area contributed by atoms with Gasteiger partial charge in [0.2, 0.25) is 0 Å². The van der Waals surface area contributed by atoms with Gasteiger partial charge in [-0.1, -0.05) is 66.7 Å². The molecule has 0 radical (unpaired) electrons. The molecule has 2 aliphatic rings. The first-order chi connectivity index (χ1) is 25.2. The topological polar surface area (TPSA) is 167 Å². The van der Waals surface area contributed by atoms with Crippen molar-refractivity contribution in [3.8, 4) is 0 Å². The average molecular weight is 786 g/mol. The van der Waals surface area contributed by atoms with Gasteiger partial charge in [-0.05, 0) is 70.0 Å². The zero-order valence-electron chi connectivity index (χ0n) is 29.7. The van der Waals surface area contributed by atoms with E-state index in [1.165, 1.54) is 0 Å². The summed E-state index contributed by atoms with van der Waals surface area (Å²) in [5.41, 5.74) is -0.533. The van der Waals surface area contributed by atoms with Gasteiger partial charge in [0.15, 0.2) is 18.3 Å². The van der Waals surface area contributed by atoms with Crippen molar-refractivity contribution < 1.29 is 50.5 Å². The Hall–Kier alpha value is -3.70. The maximum Gasteiger partial charge on any atom is 0.338 e. The summed E-state index contributed by atoms with van der Waals surface area (Å²) in [5, 5.41) is -0.549. The number of hydrogen-bond donors (Lipinski definition) is 1. The number of carbonyl (C=O) groups excluding carboxylic acids is 3. The third-order valence-corrected chi connectivity index (χ3v) is 11.8. The van der Waals surface area contributed by atoms with Crippen LogP contribution in [0.1, 0.15) is 64.7 Å². The number of esters is 3. The summed E-state index contributed by atoms with van der Waals surface area (Å²) >= 11 is -0.513. The third kappa shape index (κ3) is 11.4. The van der Waals surface area contributed by atoms with E-state index in [-0.39, 0.29) is 29.7 Å². The molecule has 0 saturated carbocycles. The van der Waals surface area contributed by atoms with Crippen LogP contribution in [0.4, 0.5) is 0 Å². The Kier molecular flexibility index (Phi) is 13.8. The molecule has 1 fully saturated rings. The van der Waals surface area contributed by atoms with E-state index in [0.29, 0.717) is 6.42 Å². The van der Waals surface area contributed by atoms with Gasteiger partial charge in [-0.15, -0.1) is 16.5 Å². The van der Waals surface area contributed by atoms with E-state index in [2.05, 4.69) is 4.72 Å². The summed E-state index contributed by atoms with van der Waals surface area (Å²) < 4.78 is 70.7. The number of ether oxygens (including phenoxy) is 4. The maximum absolute atomic E-state index is 13.9. The molecule has 5 rings (SSSR count). The van der Waals surface area contributed by atoms with Gasteiger partial charge >= 0.3 is 17.9 Å². The summed E-state index contributed by atoms with van der Waals surface area (Å²) in [5.74, 6) is -2.31. The van der Waals surface area contributed by atoms with Crippen LogP contribution in [0.15, 0.2) is 103 Å². The predicted molar refractivity (Wildman–Crippen MR) is 201 cm³/mol. The Labute approximate surface area is 317 Å². The smallest absolute Gasteiger partial charge is 0.338 e. The monoisotopic (exact) mass is 785 g/mol. The SMILES string of the molecule is CC(C)(C)[S@@+]([O-])N[C@@H]1CC=CCC(COS(C)(=O)=O)S[C@H]2O[C@H]1[C@H](OC(=O)c1ccccc1)[C@H](OC(=O)c1ccccc1)[C@H]2OC(=O)c1ccccc1. The second-order valence-electron chi connectivity index (χ2n) is 13.5. The van der Waals surface area contributed by atoms with Crippen LogP contribution >= 0.6 is 11.8 Å². The Balaban J connectivity index is 1.65. The van der Waals surface area contributed by atoms with Crippen LogP contribution < -0.4 is 4.72 Å². The van der Waals surface area contributed by atoms with Crippen LogP contribution in [-0.2, 0) is 44.6 Å². The quantitative estimate of drug-likeness (QED) is 0.0883. The molecule has 1 unspecified atom stereocenters. The highest BCUT2D eigenvalue weighted by Gasteiger charge is 2.56. The second-order valence-corrected chi connectivity index (χ2v) is 18.5. The highest BCUT2D eigenvalue weighted by Crippen LogP contribution is 2.40. The van der Waals surface area contributed by atoms with Gasteiger partial charge in [0.05, 0.1) is 35.6 Å².